The third-order valence-electron chi connectivity index (χ3n) is 6.88. The van der Waals surface area contributed by atoms with Crippen molar-refractivity contribution in [2.75, 3.05) is 0 Å². The summed E-state index contributed by atoms with van der Waals surface area (Å²) in [5.41, 5.74) is 15.5. The fourth-order valence-electron chi connectivity index (χ4n) is 4.89. The molecule has 0 heterocycles. The summed E-state index contributed by atoms with van der Waals surface area (Å²) in [6.45, 7) is 15.9. The second-order valence-corrected chi connectivity index (χ2v) is 9.57. The van der Waals surface area contributed by atoms with Crippen molar-refractivity contribution < 1.29 is 0 Å². The number of fused-ring (bicyclic) bond motifs is 2. The van der Waals surface area contributed by atoms with Crippen molar-refractivity contribution in [1.29, 1.82) is 0 Å². The van der Waals surface area contributed by atoms with E-state index in [1.54, 1.807) is 0 Å². The third-order valence-corrected chi connectivity index (χ3v) is 6.88. The van der Waals surface area contributed by atoms with Crippen LogP contribution >= 0.6 is 0 Å². The number of aryl methyl sites for hydroxylation is 4. The first kappa shape index (κ1) is 20.7. The molecule has 0 radical (unpaired) electrons. The van der Waals surface area contributed by atoms with E-state index in [-0.39, 0.29) is 0 Å². The highest BCUT2D eigenvalue weighted by Crippen LogP contribution is 2.39. The summed E-state index contributed by atoms with van der Waals surface area (Å²) >= 11 is 0. The summed E-state index contributed by atoms with van der Waals surface area (Å²) in [6, 6.07) is 21.0. The Kier molecular flexibility index (Phi) is 5.45. The number of hydrogen-bond acceptors (Lipinski definition) is 0. The van der Waals surface area contributed by atoms with Crippen LogP contribution in [0.5, 0.6) is 0 Å². The van der Waals surface area contributed by atoms with E-state index in [2.05, 4.69) is 103 Å². The molecule has 0 N–H and O–H groups in total. The molecule has 4 aliphatic rings. The molecule has 0 saturated heterocycles. The van der Waals surface area contributed by atoms with E-state index in [1.807, 2.05) is 0 Å². The van der Waals surface area contributed by atoms with Gasteiger partial charge in [-0.25, -0.2) is 0 Å². The van der Waals surface area contributed by atoms with Crippen molar-refractivity contribution in [2.24, 2.45) is 0 Å². The average Bonchev–Trinajstić information content (AvgIpc) is 3.05. The summed E-state index contributed by atoms with van der Waals surface area (Å²) in [5.74, 6) is 1.01. The van der Waals surface area contributed by atoms with Gasteiger partial charge in [0.15, 0.2) is 0 Å². The van der Waals surface area contributed by atoms with Crippen LogP contribution in [-0.2, 0) is 6.42 Å². The van der Waals surface area contributed by atoms with Gasteiger partial charge in [0.25, 0.3) is 0 Å². The van der Waals surface area contributed by atoms with Crippen LogP contribution in [0.25, 0.3) is 22.3 Å². The van der Waals surface area contributed by atoms with Crippen molar-refractivity contribution >= 4 is 0 Å². The molecular formula is C30H34. The minimum absolute atomic E-state index is 0.466. The van der Waals surface area contributed by atoms with Crippen LogP contribution in [0.3, 0.4) is 0 Å². The molecule has 0 nitrogen and oxygen atoms in total. The quantitative estimate of drug-likeness (QED) is 0.325. The van der Waals surface area contributed by atoms with Gasteiger partial charge in [0.1, 0.15) is 0 Å². The van der Waals surface area contributed by atoms with Gasteiger partial charge in [0.2, 0.25) is 0 Å². The highest BCUT2D eigenvalue weighted by molar-refractivity contribution is 5.78. The van der Waals surface area contributed by atoms with Gasteiger partial charge in [0, 0.05) is 0 Å². The Bertz CT molecular complexity index is 1140. The van der Waals surface area contributed by atoms with E-state index in [0.29, 0.717) is 11.8 Å². The largest absolute Gasteiger partial charge is 0.0587 e. The molecule has 0 amide bonds. The summed E-state index contributed by atoms with van der Waals surface area (Å²) in [4.78, 5) is 0. The molecule has 0 heteroatoms. The Morgan fingerprint density at radius 1 is 0.567 bits per heavy atom. The molecule has 0 aromatic heterocycles. The van der Waals surface area contributed by atoms with Gasteiger partial charge in [0.05, 0.1) is 0 Å². The first-order chi connectivity index (χ1) is 14.3. The van der Waals surface area contributed by atoms with Gasteiger partial charge < -0.3 is 0 Å². The van der Waals surface area contributed by atoms with Gasteiger partial charge in [-0.15, -0.1) is 0 Å². The van der Waals surface area contributed by atoms with Gasteiger partial charge in [-0.1, -0.05) is 75.4 Å². The van der Waals surface area contributed by atoms with E-state index in [0.717, 1.165) is 6.42 Å². The van der Waals surface area contributed by atoms with Crippen LogP contribution in [0.4, 0.5) is 0 Å². The van der Waals surface area contributed by atoms with E-state index in [1.165, 1.54) is 61.2 Å². The summed E-state index contributed by atoms with van der Waals surface area (Å²) in [6.07, 6.45) is 1.07. The summed E-state index contributed by atoms with van der Waals surface area (Å²) in [5, 5.41) is 0. The Balaban J connectivity index is 1.75. The topological polar surface area (TPSA) is 0 Å². The molecular weight excluding hydrogens is 360 g/mol. The zero-order valence-corrected chi connectivity index (χ0v) is 19.6. The molecule has 0 fully saturated rings. The van der Waals surface area contributed by atoms with Crippen molar-refractivity contribution in [3.8, 4) is 22.3 Å². The van der Waals surface area contributed by atoms with Crippen LogP contribution in [0.15, 0.2) is 54.6 Å². The fraction of sp³-hybridized carbons (Fsp3) is 0.333. The molecule has 0 saturated carbocycles. The minimum atomic E-state index is 0.466. The number of hydrogen-bond donors (Lipinski definition) is 0. The molecule has 1 atom stereocenters. The van der Waals surface area contributed by atoms with Crippen LogP contribution in [0.2, 0.25) is 0 Å². The molecule has 4 rings (SSSR count). The summed E-state index contributed by atoms with van der Waals surface area (Å²) < 4.78 is 0. The SMILES string of the molecule is Cc1ccc(C(C)Cc2cc(C)c3cc(C(C)C)ccc(C)c2-3)cc2c(C)ccc1-2. The molecule has 0 aromatic rings. The van der Waals surface area contributed by atoms with E-state index in [4.69, 9.17) is 0 Å². The molecule has 1 unspecified atom stereocenters. The first-order valence-electron chi connectivity index (χ1n) is 11.3. The van der Waals surface area contributed by atoms with Gasteiger partial charge in [-0.05, 0) is 107 Å². The zero-order chi connectivity index (χ0) is 21.6. The predicted octanol–water partition coefficient (Wildman–Crippen LogP) is 8.60. The van der Waals surface area contributed by atoms with Gasteiger partial charge >= 0.3 is 0 Å². The van der Waals surface area contributed by atoms with Crippen molar-refractivity contribution in [2.45, 2.75) is 66.7 Å². The number of rotatable bonds is 4. The zero-order valence-electron chi connectivity index (χ0n) is 19.6. The summed E-state index contributed by atoms with van der Waals surface area (Å²) in [7, 11) is 0. The molecule has 0 spiro atoms. The second kappa shape index (κ2) is 7.91. The highest BCUT2D eigenvalue weighted by atomic mass is 14.2. The highest BCUT2D eigenvalue weighted by Gasteiger charge is 2.19. The molecule has 4 aliphatic carbocycles. The van der Waals surface area contributed by atoms with Crippen LogP contribution in [-0.4, -0.2) is 0 Å². The monoisotopic (exact) mass is 394 g/mol. The van der Waals surface area contributed by atoms with Crippen molar-refractivity contribution in [1.82, 2.24) is 0 Å². The minimum Gasteiger partial charge on any atom is -0.0587 e. The lowest BCUT2D eigenvalue weighted by Crippen LogP contribution is -1.98. The lowest BCUT2D eigenvalue weighted by Gasteiger charge is -2.13. The average molecular weight is 395 g/mol. The maximum atomic E-state index is 2.43. The molecule has 0 aromatic carbocycles. The Morgan fingerprint density at radius 2 is 1.17 bits per heavy atom. The van der Waals surface area contributed by atoms with E-state index in [9.17, 15) is 0 Å². The smallest absolute Gasteiger partial charge is 0.0120 e. The van der Waals surface area contributed by atoms with Crippen molar-refractivity contribution in [3.63, 3.8) is 0 Å². The van der Waals surface area contributed by atoms with E-state index < -0.39 is 0 Å². The Morgan fingerprint density at radius 3 is 1.90 bits per heavy atom. The van der Waals surface area contributed by atoms with Crippen LogP contribution in [0, 0.1) is 27.7 Å². The van der Waals surface area contributed by atoms with Crippen LogP contribution in [0.1, 0.15) is 71.6 Å². The standard InChI is InChI=1S/C30H34/c1-18(2)24-11-9-21(5)30-26(15-23(7)29(30)16-24)14-22(6)25-12-8-19(3)27-13-10-20(4)28(27)17-25/h8-13,15-18,22H,14H2,1-7H3. The first-order valence-corrected chi connectivity index (χ1v) is 11.3. The fourth-order valence-corrected chi connectivity index (χ4v) is 4.89. The molecule has 30 heavy (non-hydrogen) atoms. The Hall–Kier alpha value is -2.60. The van der Waals surface area contributed by atoms with Gasteiger partial charge in [-0.3, -0.25) is 0 Å². The maximum Gasteiger partial charge on any atom is -0.0120 e. The molecule has 154 valence electrons. The second-order valence-electron chi connectivity index (χ2n) is 9.57. The van der Waals surface area contributed by atoms with E-state index >= 15 is 0 Å². The predicted molar refractivity (Wildman–Crippen MR) is 131 cm³/mol. The lowest BCUT2D eigenvalue weighted by molar-refractivity contribution is 0.762. The lowest BCUT2D eigenvalue weighted by atomic mass is 9.91. The third kappa shape index (κ3) is 3.65. The Labute approximate surface area is 182 Å². The molecule has 0 bridgehead atoms. The molecule has 0 aliphatic heterocycles. The van der Waals surface area contributed by atoms with Crippen LogP contribution < -0.4 is 0 Å². The maximum absolute atomic E-state index is 2.43. The normalized spacial score (nSPS) is 12.8. The van der Waals surface area contributed by atoms with Gasteiger partial charge in [-0.2, -0.15) is 0 Å². The van der Waals surface area contributed by atoms with Crippen molar-refractivity contribution in [3.05, 3.63) is 93.5 Å².